The average molecular weight is 210 g/mol. The molecule has 0 aromatic carbocycles. The largest absolute Gasteiger partial charge is 0.135 e. The summed E-state index contributed by atoms with van der Waals surface area (Å²) in [4.78, 5) is 0. The summed E-state index contributed by atoms with van der Waals surface area (Å²) in [6.45, 7) is 0. The molecule has 0 saturated heterocycles. The maximum Gasteiger partial charge on any atom is 0.0349 e. The Morgan fingerprint density at radius 1 is 0.600 bits per heavy atom. The van der Waals surface area contributed by atoms with E-state index in [1.807, 2.05) is 11.3 Å². The molecule has 2 aliphatic rings. The highest BCUT2D eigenvalue weighted by Gasteiger charge is 1.98. The second kappa shape index (κ2) is 3.52. The fraction of sp³-hybridized carbons (Fsp3) is 0. The second-order valence-corrected chi connectivity index (χ2v) is 4.59. The summed E-state index contributed by atoms with van der Waals surface area (Å²) in [6, 6.07) is 4.39. The van der Waals surface area contributed by atoms with Gasteiger partial charge in [-0.15, -0.1) is 11.3 Å². The van der Waals surface area contributed by atoms with Crippen molar-refractivity contribution in [3.8, 4) is 0 Å². The van der Waals surface area contributed by atoms with Gasteiger partial charge in [0.25, 0.3) is 0 Å². The van der Waals surface area contributed by atoms with E-state index in [2.05, 4.69) is 60.7 Å². The SMILES string of the molecule is C1=CC(=c2ccc(=C3C=CC=C3)s2)C=C1. The predicted molar refractivity (Wildman–Crippen MR) is 66.9 cm³/mol. The molecule has 2 aliphatic carbocycles. The van der Waals surface area contributed by atoms with Crippen LogP contribution in [0.1, 0.15) is 0 Å². The van der Waals surface area contributed by atoms with Crippen molar-refractivity contribution in [1.82, 2.24) is 0 Å². The van der Waals surface area contributed by atoms with E-state index in [-0.39, 0.29) is 0 Å². The van der Waals surface area contributed by atoms with E-state index in [1.54, 1.807) is 0 Å². The maximum atomic E-state index is 2.20. The summed E-state index contributed by atoms with van der Waals surface area (Å²) in [5.74, 6) is 0. The zero-order valence-corrected chi connectivity index (χ0v) is 9.00. The van der Waals surface area contributed by atoms with Crippen LogP contribution in [0.2, 0.25) is 0 Å². The predicted octanol–water partition coefficient (Wildman–Crippen LogP) is 2.30. The Labute approximate surface area is 92.6 Å². The number of allylic oxidation sites excluding steroid dienone is 8. The average Bonchev–Trinajstić information content (AvgIpc) is 3.02. The molecule has 0 nitrogen and oxygen atoms in total. The van der Waals surface area contributed by atoms with Crippen LogP contribution in [-0.4, -0.2) is 0 Å². The van der Waals surface area contributed by atoms with Gasteiger partial charge in [-0.25, -0.2) is 0 Å². The summed E-state index contributed by atoms with van der Waals surface area (Å²) in [5, 5.41) is 0. The van der Waals surface area contributed by atoms with Crippen LogP contribution in [0.3, 0.4) is 0 Å². The molecule has 0 amide bonds. The van der Waals surface area contributed by atoms with Crippen molar-refractivity contribution in [1.29, 1.82) is 0 Å². The summed E-state index contributed by atoms with van der Waals surface area (Å²) < 4.78 is 2.69. The summed E-state index contributed by atoms with van der Waals surface area (Å²) in [7, 11) is 0. The number of hydrogen-bond acceptors (Lipinski definition) is 1. The minimum atomic E-state index is 1.32. The van der Waals surface area contributed by atoms with Gasteiger partial charge in [0.2, 0.25) is 0 Å². The normalized spacial score (nSPS) is 17.3. The van der Waals surface area contributed by atoms with Crippen LogP contribution in [0.4, 0.5) is 0 Å². The lowest BCUT2D eigenvalue weighted by Crippen LogP contribution is -1.97. The molecule has 15 heavy (non-hydrogen) atoms. The lowest BCUT2D eigenvalue weighted by atomic mass is 10.3. The number of hydrogen-bond donors (Lipinski definition) is 0. The molecule has 0 spiro atoms. The highest BCUT2D eigenvalue weighted by atomic mass is 32.1. The highest BCUT2D eigenvalue weighted by Crippen LogP contribution is 2.09. The van der Waals surface area contributed by atoms with Gasteiger partial charge in [-0.1, -0.05) is 48.6 Å². The first kappa shape index (κ1) is 8.69. The first-order valence-electron chi connectivity index (χ1n) is 4.97. The van der Waals surface area contributed by atoms with Crippen LogP contribution in [-0.2, 0) is 0 Å². The van der Waals surface area contributed by atoms with Crippen molar-refractivity contribution >= 4 is 22.5 Å². The Morgan fingerprint density at radius 2 is 1.00 bits per heavy atom. The van der Waals surface area contributed by atoms with Gasteiger partial charge in [-0.3, -0.25) is 0 Å². The molecule has 72 valence electrons. The Kier molecular flexibility index (Phi) is 2.04. The Morgan fingerprint density at radius 3 is 1.40 bits per heavy atom. The first-order valence-corrected chi connectivity index (χ1v) is 5.79. The molecule has 3 rings (SSSR count). The van der Waals surface area contributed by atoms with Gasteiger partial charge < -0.3 is 0 Å². The Balaban J connectivity index is 2.24. The van der Waals surface area contributed by atoms with Gasteiger partial charge in [0.15, 0.2) is 0 Å². The standard InChI is InChI=1S/C14H10S/c1-2-6-11(5-1)13-9-10-14(15-13)12-7-3-4-8-12/h1-10H. The molecule has 0 saturated carbocycles. The Bertz CT molecular complexity index is 536. The van der Waals surface area contributed by atoms with Crippen molar-refractivity contribution in [3.63, 3.8) is 0 Å². The fourth-order valence-corrected chi connectivity index (χ4v) is 2.74. The third-order valence-electron chi connectivity index (χ3n) is 2.50. The van der Waals surface area contributed by atoms with Gasteiger partial charge in [0, 0.05) is 9.06 Å². The molecule has 0 aliphatic heterocycles. The van der Waals surface area contributed by atoms with E-state index in [4.69, 9.17) is 0 Å². The smallest absolute Gasteiger partial charge is 0.0349 e. The third kappa shape index (κ3) is 1.55. The van der Waals surface area contributed by atoms with E-state index < -0.39 is 0 Å². The van der Waals surface area contributed by atoms with Crippen molar-refractivity contribution in [2.24, 2.45) is 0 Å². The van der Waals surface area contributed by atoms with Crippen molar-refractivity contribution in [2.75, 3.05) is 0 Å². The van der Waals surface area contributed by atoms with E-state index in [1.165, 1.54) is 20.2 Å². The molecular formula is C14H10S. The van der Waals surface area contributed by atoms with Crippen molar-refractivity contribution in [2.45, 2.75) is 0 Å². The molecule has 0 radical (unpaired) electrons. The van der Waals surface area contributed by atoms with E-state index in [9.17, 15) is 0 Å². The topological polar surface area (TPSA) is 0 Å². The van der Waals surface area contributed by atoms with Crippen molar-refractivity contribution < 1.29 is 0 Å². The van der Waals surface area contributed by atoms with E-state index in [0.717, 1.165) is 0 Å². The minimum absolute atomic E-state index is 1.32. The molecule has 1 aromatic heterocycles. The molecular weight excluding hydrogens is 200 g/mol. The Hall–Kier alpha value is -1.60. The fourth-order valence-electron chi connectivity index (χ4n) is 1.72. The molecule has 0 bridgehead atoms. The van der Waals surface area contributed by atoms with Gasteiger partial charge in [0.1, 0.15) is 0 Å². The summed E-state index contributed by atoms with van der Waals surface area (Å²) in [6.07, 6.45) is 16.9. The zero-order chi connectivity index (χ0) is 10.1. The summed E-state index contributed by atoms with van der Waals surface area (Å²) >= 11 is 1.85. The third-order valence-corrected chi connectivity index (χ3v) is 3.68. The maximum absolute atomic E-state index is 2.20. The molecule has 0 fully saturated rings. The van der Waals surface area contributed by atoms with Crippen LogP contribution in [0.15, 0.2) is 60.7 Å². The lowest BCUT2D eigenvalue weighted by Gasteiger charge is -1.84. The van der Waals surface area contributed by atoms with E-state index in [0.29, 0.717) is 0 Å². The van der Waals surface area contributed by atoms with Crippen LogP contribution in [0.5, 0.6) is 0 Å². The van der Waals surface area contributed by atoms with E-state index >= 15 is 0 Å². The molecule has 1 heterocycles. The van der Waals surface area contributed by atoms with Gasteiger partial charge >= 0.3 is 0 Å². The van der Waals surface area contributed by atoms with Crippen LogP contribution >= 0.6 is 11.3 Å². The molecule has 1 heteroatoms. The zero-order valence-electron chi connectivity index (χ0n) is 8.18. The van der Waals surface area contributed by atoms with Gasteiger partial charge in [-0.2, -0.15) is 0 Å². The van der Waals surface area contributed by atoms with Crippen LogP contribution in [0.25, 0.3) is 11.1 Å². The molecule has 1 aromatic rings. The minimum Gasteiger partial charge on any atom is -0.135 e. The van der Waals surface area contributed by atoms with Crippen LogP contribution in [0, 0.1) is 0 Å². The highest BCUT2D eigenvalue weighted by molar-refractivity contribution is 7.08. The second-order valence-electron chi connectivity index (χ2n) is 3.51. The van der Waals surface area contributed by atoms with Crippen LogP contribution < -0.4 is 9.06 Å². The van der Waals surface area contributed by atoms with Crippen molar-refractivity contribution in [3.05, 3.63) is 69.8 Å². The lowest BCUT2D eigenvalue weighted by molar-refractivity contribution is 1.80. The first-order chi connectivity index (χ1) is 7.43. The quantitative estimate of drug-likeness (QED) is 0.616. The van der Waals surface area contributed by atoms with Gasteiger partial charge in [0.05, 0.1) is 0 Å². The summed E-state index contributed by atoms with van der Waals surface area (Å²) in [5.41, 5.74) is 2.63. The molecule has 0 unspecified atom stereocenters. The monoisotopic (exact) mass is 210 g/mol. The molecule has 0 N–H and O–H groups in total. The van der Waals surface area contributed by atoms with Gasteiger partial charge in [-0.05, 0) is 23.3 Å². The molecule has 0 atom stereocenters. The number of thiophene rings is 1. The number of rotatable bonds is 0.